The van der Waals surface area contributed by atoms with Crippen LogP contribution in [-0.4, -0.2) is 102 Å². The number of hydrogen-bond donors (Lipinski definition) is 2. The Hall–Kier alpha value is -5.35. The lowest BCUT2D eigenvalue weighted by Gasteiger charge is -2.38. The van der Waals surface area contributed by atoms with Crippen molar-refractivity contribution in [1.82, 2.24) is 39.6 Å². The molecular weight excluding hydrogens is 777 g/mol. The molecule has 5 aromatic rings. The van der Waals surface area contributed by atoms with Crippen LogP contribution in [0.25, 0.3) is 33.3 Å². The largest absolute Gasteiger partial charge is 0.471 e. The number of ether oxygens (including phenoxy) is 3. The van der Waals surface area contributed by atoms with Gasteiger partial charge in [0.1, 0.15) is 29.5 Å². The molecule has 0 radical (unpaired) electrons. The molecule has 0 bridgehead atoms. The topological polar surface area (TPSA) is 175 Å². The molecule has 3 aliphatic heterocycles. The van der Waals surface area contributed by atoms with E-state index in [2.05, 4.69) is 59.3 Å². The fourth-order valence-electron chi connectivity index (χ4n) is 9.80. The van der Waals surface area contributed by atoms with E-state index in [1.165, 1.54) is 0 Å². The molecule has 4 aromatic heterocycles. The highest BCUT2D eigenvalue weighted by atomic mass is 16.5. The fourth-order valence-corrected chi connectivity index (χ4v) is 9.80. The van der Waals surface area contributed by atoms with Crippen molar-refractivity contribution in [3.8, 4) is 17.3 Å². The van der Waals surface area contributed by atoms with Gasteiger partial charge in [0.2, 0.25) is 17.7 Å². The molecule has 0 spiro atoms. The second-order valence-corrected chi connectivity index (χ2v) is 18.3. The number of imide groups is 1. The van der Waals surface area contributed by atoms with Crippen molar-refractivity contribution in [3.63, 3.8) is 0 Å². The van der Waals surface area contributed by atoms with Crippen LogP contribution in [0.2, 0.25) is 0 Å². The predicted octanol–water partition coefficient (Wildman–Crippen LogP) is 6.00. The molecular formula is C45H56N10O6. The summed E-state index contributed by atoms with van der Waals surface area (Å²) in [5, 5.41) is 11.0. The van der Waals surface area contributed by atoms with E-state index in [0.717, 1.165) is 135 Å². The van der Waals surface area contributed by atoms with Crippen LogP contribution in [0.15, 0.2) is 47.7 Å². The summed E-state index contributed by atoms with van der Waals surface area (Å²) in [6, 6.07) is 9.29. The van der Waals surface area contributed by atoms with Crippen molar-refractivity contribution in [2.45, 2.75) is 140 Å². The Kier molecular flexibility index (Phi) is 10.5. The molecule has 16 heteroatoms. The number of anilines is 2. The zero-order chi connectivity index (χ0) is 41.8. The number of piperidine rings is 3. The Labute approximate surface area is 354 Å². The summed E-state index contributed by atoms with van der Waals surface area (Å²) in [6.07, 6.45) is 14.9. The Bertz CT molecular complexity index is 2480. The first-order valence-electron chi connectivity index (χ1n) is 22.3. The van der Waals surface area contributed by atoms with Gasteiger partial charge >= 0.3 is 5.69 Å². The minimum absolute atomic E-state index is 0.0864. The van der Waals surface area contributed by atoms with Gasteiger partial charge in [-0.05, 0) is 110 Å². The van der Waals surface area contributed by atoms with Gasteiger partial charge < -0.3 is 24.0 Å². The molecule has 5 fully saturated rings. The standard InChI is InChI=1S/C45H56N10O6/c1-27(2)54-38-22-28(4-9-36(38)55(44(54)58)37-10-11-40(56)49-43(37)57)52-18-12-31(13-19-52)59-29-5-7-30(8-6-29)60-32-14-20-53(21-15-32)39-24-34(47-26-48-39)42-33-23-41(61-45(3)16-17-45)46-25-35(33)50-51-42/h4,9,22-27,29-32,37H,5-8,10-21H2,1-3H3,(H,50,51)(H,49,56,57). The molecule has 16 nitrogen and oxygen atoms in total. The van der Waals surface area contributed by atoms with Crippen LogP contribution in [-0.2, 0) is 19.1 Å². The average molecular weight is 833 g/mol. The lowest BCUT2D eigenvalue weighted by atomic mass is 9.93. The summed E-state index contributed by atoms with van der Waals surface area (Å²) in [5.41, 5.74) is 4.65. The number of amides is 2. The number of benzene rings is 1. The number of hydrogen-bond acceptors (Lipinski definition) is 12. The molecule has 1 unspecified atom stereocenters. The number of aromatic amines is 1. The molecule has 61 heavy (non-hydrogen) atoms. The molecule has 1 atom stereocenters. The summed E-state index contributed by atoms with van der Waals surface area (Å²) >= 11 is 0. The maximum atomic E-state index is 13.7. The third-order valence-corrected chi connectivity index (χ3v) is 13.5. The minimum Gasteiger partial charge on any atom is -0.471 e. The quantitative estimate of drug-likeness (QED) is 0.149. The summed E-state index contributed by atoms with van der Waals surface area (Å²) in [7, 11) is 0. The summed E-state index contributed by atoms with van der Waals surface area (Å²) in [5.74, 6) is 0.807. The Balaban J connectivity index is 0.686. The molecule has 2 aliphatic carbocycles. The number of nitrogens with zero attached hydrogens (tertiary/aromatic N) is 8. The monoisotopic (exact) mass is 832 g/mol. The molecule has 1 aromatic carbocycles. The summed E-state index contributed by atoms with van der Waals surface area (Å²) < 4.78 is 22.9. The molecule has 322 valence electrons. The molecule has 7 heterocycles. The SMILES string of the molecule is CC(C)n1c(=O)n(C2CCC(=O)NC2=O)c2ccc(N3CCC(OC4CCC(OC5CCN(c6cc(-c7n[nH]c8cnc(OC9(C)CC9)cc78)ncn6)CC5)CC4)CC3)cc21. The van der Waals surface area contributed by atoms with Gasteiger partial charge in [-0.1, -0.05) is 0 Å². The predicted molar refractivity (Wildman–Crippen MR) is 230 cm³/mol. The zero-order valence-corrected chi connectivity index (χ0v) is 35.3. The van der Waals surface area contributed by atoms with Crippen LogP contribution in [0, 0.1) is 0 Å². The van der Waals surface area contributed by atoms with Gasteiger partial charge in [0, 0.05) is 61.8 Å². The van der Waals surface area contributed by atoms with E-state index < -0.39 is 11.9 Å². The van der Waals surface area contributed by atoms with E-state index in [4.69, 9.17) is 14.2 Å². The Morgan fingerprint density at radius 2 is 1.44 bits per heavy atom. The van der Waals surface area contributed by atoms with Crippen molar-refractivity contribution in [2.75, 3.05) is 36.0 Å². The van der Waals surface area contributed by atoms with Crippen molar-refractivity contribution >= 4 is 45.3 Å². The summed E-state index contributed by atoms with van der Waals surface area (Å²) in [6.45, 7) is 9.57. The third-order valence-electron chi connectivity index (χ3n) is 13.5. The molecule has 10 rings (SSSR count). The summed E-state index contributed by atoms with van der Waals surface area (Å²) in [4.78, 5) is 56.6. The second-order valence-electron chi connectivity index (χ2n) is 18.3. The van der Waals surface area contributed by atoms with Crippen LogP contribution in [0.3, 0.4) is 0 Å². The van der Waals surface area contributed by atoms with Crippen molar-refractivity contribution < 1.29 is 23.8 Å². The first kappa shape index (κ1) is 39.8. The van der Waals surface area contributed by atoms with Gasteiger partial charge in [0.05, 0.1) is 52.9 Å². The van der Waals surface area contributed by atoms with Gasteiger partial charge in [-0.3, -0.25) is 29.1 Å². The smallest absolute Gasteiger partial charge is 0.330 e. The number of aromatic nitrogens is 7. The van der Waals surface area contributed by atoms with Crippen molar-refractivity contribution in [2.24, 2.45) is 0 Å². The van der Waals surface area contributed by atoms with E-state index >= 15 is 0 Å². The highest BCUT2D eigenvalue weighted by molar-refractivity contribution is 6.00. The number of carbonyl (C=O) groups excluding carboxylic acids is 2. The number of nitrogens with one attached hydrogen (secondary N) is 2. The Morgan fingerprint density at radius 1 is 0.770 bits per heavy atom. The molecule has 2 N–H and O–H groups in total. The second kappa shape index (κ2) is 16.2. The van der Waals surface area contributed by atoms with Gasteiger partial charge in [-0.25, -0.2) is 19.7 Å². The van der Waals surface area contributed by atoms with Gasteiger partial charge in [0.25, 0.3) is 0 Å². The van der Waals surface area contributed by atoms with E-state index in [0.29, 0.717) is 12.3 Å². The van der Waals surface area contributed by atoms with Crippen LogP contribution in [0.5, 0.6) is 5.88 Å². The van der Waals surface area contributed by atoms with Gasteiger partial charge in [-0.2, -0.15) is 5.10 Å². The third kappa shape index (κ3) is 8.11. The lowest BCUT2D eigenvalue weighted by Crippen LogP contribution is -2.44. The minimum atomic E-state index is -0.697. The zero-order valence-electron chi connectivity index (χ0n) is 35.3. The molecule has 2 amide bonds. The number of carbonyl (C=O) groups is 2. The lowest BCUT2D eigenvalue weighted by molar-refractivity contribution is -0.135. The van der Waals surface area contributed by atoms with Crippen LogP contribution < -0.4 is 25.5 Å². The maximum absolute atomic E-state index is 13.7. The fraction of sp³-hybridized carbons (Fsp3) is 0.578. The number of imidazole rings is 1. The number of fused-ring (bicyclic) bond motifs is 2. The van der Waals surface area contributed by atoms with Gasteiger partial charge in [0.15, 0.2) is 0 Å². The highest BCUT2D eigenvalue weighted by Crippen LogP contribution is 2.40. The number of H-pyrrole nitrogens is 1. The van der Waals surface area contributed by atoms with E-state index in [1.807, 2.05) is 32.0 Å². The first-order valence-corrected chi connectivity index (χ1v) is 22.3. The van der Waals surface area contributed by atoms with Crippen molar-refractivity contribution in [1.29, 1.82) is 0 Å². The molecule has 5 aliphatic rings. The highest BCUT2D eigenvalue weighted by Gasteiger charge is 2.40. The van der Waals surface area contributed by atoms with Crippen LogP contribution in [0.1, 0.15) is 110 Å². The Morgan fingerprint density at radius 3 is 2.10 bits per heavy atom. The van der Waals surface area contributed by atoms with Gasteiger partial charge in [-0.15, -0.1) is 0 Å². The van der Waals surface area contributed by atoms with E-state index in [9.17, 15) is 14.4 Å². The van der Waals surface area contributed by atoms with E-state index in [1.54, 1.807) is 21.7 Å². The normalized spacial score (nSPS) is 23.9. The number of pyridine rings is 1. The maximum Gasteiger partial charge on any atom is 0.330 e. The first-order chi connectivity index (χ1) is 29.6. The van der Waals surface area contributed by atoms with Crippen LogP contribution >= 0.6 is 0 Å². The van der Waals surface area contributed by atoms with Crippen molar-refractivity contribution in [3.05, 3.63) is 53.3 Å². The van der Waals surface area contributed by atoms with E-state index in [-0.39, 0.29) is 54.1 Å². The average Bonchev–Trinajstić information content (AvgIpc) is 3.71. The number of rotatable bonds is 11. The van der Waals surface area contributed by atoms with Crippen LogP contribution in [0.4, 0.5) is 11.5 Å². The molecule has 2 saturated carbocycles. The molecule has 3 saturated heterocycles.